The van der Waals surface area contributed by atoms with Gasteiger partial charge in [0.15, 0.2) is 5.82 Å². The van der Waals surface area contributed by atoms with E-state index in [1.54, 1.807) is 0 Å². The van der Waals surface area contributed by atoms with Crippen LogP contribution in [0, 0.1) is 0 Å². The van der Waals surface area contributed by atoms with Gasteiger partial charge < -0.3 is 14.2 Å². The normalized spacial score (nSPS) is 11.3. The van der Waals surface area contributed by atoms with Crippen molar-refractivity contribution in [2.75, 3.05) is 0 Å². The number of fused-ring (bicyclic) bond motifs is 1. The summed E-state index contributed by atoms with van der Waals surface area (Å²) in [6.45, 7) is 2.55. The van der Waals surface area contributed by atoms with Crippen LogP contribution in [0.25, 0.3) is 10.9 Å². The van der Waals surface area contributed by atoms with E-state index < -0.39 is 0 Å². The van der Waals surface area contributed by atoms with Crippen molar-refractivity contribution in [2.24, 2.45) is 0 Å². The number of benzene rings is 1. The molecule has 0 bridgehead atoms. The summed E-state index contributed by atoms with van der Waals surface area (Å²) in [4.78, 5) is 4.30. The second-order valence-electron chi connectivity index (χ2n) is 4.41. The zero-order valence-electron chi connectivity index (χ0n) is 10.7. The van der Waals surface area contributed by atoms with Gasteiger partial charge in [-0.3, -0.25) is 0 Å². The first kappa shape index (κ1) is 11.9. The minimum atomic E-state index is 0.0216. The van der Waals surface area contributed by atoms with Crippen LogP contribution in [0.4, 0.5) is 0 Å². The standard InChI is InChI=1S/C14H15N3O2/c1-2-13-15-12(16-19-13)8-17-7-6-10-4-3-5-11(9-18)14(10)17/h3-7,18H,2,8-9H2,1H3. The van der Waals surface area contributed by atoms with Crippen molar-refractivity contribution in [1.82, 2.24) is 14.7 Å². The van der Waals surface area contributed by atoms with Crippen LogP contribution in [-0.2, 0) is 19.6 Å². The van der Waals surface area contributed by atoms with Crippen molar-refractivity contribution in [1.29, 1.82) is 0 Å². The minimum absolute atomic E-state index is 0.0216. The molecule has 0 atom stereocenters. The Morgan fingerprint density at radius 3 is 2.95 bits per heavy atom. The van der Waals surface area contributed by atoms with Gasteiger partial charge in [0.25, 0.3) is 0 Å². The first-order valence-electron chi connectivity index (χ1n) is 6.31. The lowest BCUT2D eigenvalue weighted by Gasteiger charge is -2.05. The second-order valence-corrected chi connectivity index (χ2v) is 4.41. The van der Waals surface area contributed by atoms with Gasteiger partial charge in [0, 0.05) is 18.2 Å². The average Bonchev–Trinajstić information content (AvgIpc) is 3.06. The smallest absolute Gasteiger partial charge is 0.226 e. The quantitative estimate of drug-likeness (QED) is 0.777. The van der Waals surface area contributed by atoms with Gasteiger partial charge in [0.1, 0.15) is 0 Å². The van der Waals surface area contributed by atoms with Crippen LogP contribution >= 0.6 is 0 Å². The number of rotatable bonds is 4. The highest BCUT2D eigenvalue weighted by Crippen LogP contribution is 2.21. The zero-order chi connectivity index (χ0) is 13.2. The van der Waals surface area contributed by atoms with Gasteiger partial charge in [0.2, 0.25) is 5.89 Å². The Hall–Kier alpha value is -2.14. The Morgan fingerprint density at radius 1 is 1.32 bits per heavy atom. The van der Waals surface area contributed by atoms with E-state index in [1.807, 2.05) is 42.0 Å². The lowest BCUT2D eigenvalue weighted by molar-refractivity contribution is 0.283. The molecule has 2 heterocycles. The van der Waals surface area contributed by atoms with E-state index in [0.29, 0.717) is 18.3 Å². The highest BCUT2D eigenvalue weighted by molar-refractivity contribution is 5.83. The van der Waals surface area contributed by atoms with Crippen LogP contribution in [0.3, 0.4) is 0 Å². The van der Waals surface area contributed by atoms with Crippen molar-refractivity contribution in [3.63, 3.8) is 0 Å². The van der Waals surface area contributed by atoms with Gasteiger partial charge in [-0.2, -0.15) is 4.98 Å². The molecular formula is C14H15N3O2. The number of para-hydroxylation sites is 1. The number of nitrogens with zero attached hydrogens (tertiary/aromatic N) is 3. The molecule has 3 aromatic rings. The topological polar surface area (TPSA) is 64.1 Å². The molecule has 3 rings (SSSR count). The Bertz CT molecular complexity index is 700. The van der Waals surface area contributed by atoms with Crippen LogP contribution in [0.5, 0.6) is 0 Å². The Balaban J connectivity index is 2.00. The number of aromatic nitrogens is 3. The van der Waals surface area contributed by atoms with Crippen LogP contribution in [-0.4, -0.2) is 19.8 Å². The molecule has 19 heavy (non-hydrogen) atoms. The molecule has 0 fully saturated rings. The van der Waals surface area contributed by atoms with E-state index >= 15 is 0 Å². The van der Waals surface area contributed by atoms with Crippen LogP contribution < -0.4 is 0 Å². The van der Waals surface area contributed by atoms with E-state index in [4.69, 9.17) is 4.52 Å². The van der Waals surface area contributed by atoms with Gasteiger partial charge in [-0.25, -0.2) is 0 Å². The minimum Gasteiger partial charge on any atom is -0.392 e. The first-order valence-corrected chi connectivity index (χ1v) is 6.31. The molecule has 0 aliphatic heterocycles. The van der Waals surface area contributed by atoms with Crippen molar-refractivity contribution in [2.45, 2.75) is 26.5 Å². The summed E-state index contributed by atoms with van der Waals surface area (Å²) >= 11 is 0. The molecular weight excluding hydrogens is 242 g/mol. The Kier molecular flexibility index (Phi) is 3.05. The molecule has 0 unspecified atom stereocenters. The van der Waals surface area contributed by atoms with Crippen LogP contribution in [0.2, 0.25) is 0 Å². The Morgan fingerprint density at radius 2 is 2.21 bits per heavy atom. The summed E-state index contributed by atoms with van der Waals surface area (Å²) in [5.41, 5.74) is 1.93. The summed E-state index contributed by atoms with van der Waals surface area (Å²) in [5, 5.41) is 14.5. The van der Waals surface area contributed by atoms with Crippen LogP contribution in [0.15, 0.2) is 35.0 Å². The molecule has 1 aromatic carbocycles. The van der Waals surface area contributed by atoms with Crippen LogP contribution in [0.1, 0.15) is 24.2 Å². The second kappa shape index (κ2) is 4.85. The van der Waals surface area contributed by atoms with Gasteiger partial charge in [0.05, 0.1) is 18.7 Å². The maximum absolute atomic E-state index is 9.42. The SMILES string of the molecule is CCc1nc(Cn2ccc3cccc(CO)c32)no1. The van der Waals surface area contributed by atoms with Gasteiger partial charge in [-0.15, -0.1) is 0 Å². The molecule has 0 saturated carbocycles. The van der Waals surface area contributed by atoms with E-state index in [-0.39, 0.29) is 6.61 Å². The van der Waals surface area contributed by atoms with Gasteiger partial charge in [-0.1, -0.05) is 30.3 Å². The van der Waals surface area contributed by atoms with E-state index in [2.05, 4.69) is 10.1 Å². The van der Waals surface area contributed by atoms with Crippen molar-refractivity contribution >= 4 is 10.9 Å². The largest absolute Gasteiger partial charge is 0.392 e. The van der Waals surface area contributed by atoms with Crippen molar-refractivity contribution < 1.29 is 9.63 Å². The number of aliphatic hydroxyl groups excluding tert-OH is 1. The van der Waals surface area contributed by atoms with E-state index in [1.165, 1.54) is 0 Å². The molecule has 2 aromatic heterocycles. The van der Waals surface area contributed by atoms with E-state index in [9.17, 15) is 5.11 Å². The van der Waals surface area contributed by atoms with Gasteiger partial charge >= 0.3 is 0 Å². The maximum Gasteiger partial charge on any atom is 0.226 e. The predicted molar refractivity (Wildman–Crippen MR) is 70.6 cm³/mol. The van der Waals surface area contributed by atoms with Crippen molar-refractivity contribution in [3.05, 3.63) is 47.7 Å². The fourth-order valence-corrected chi connectivity index (χ4v) is 2.25. The molecule has 0 amide bonds. The summed E-state index contributed by atoms with van der Waals surface area (Å²) < 4.78 is 7.14. The molecule has 0 aliphatic carbocycles. The van der Waals surface area contributed by atoms with Crippen molar-refractivity contribution in [3.8, 4) is 0 Å². The summed E-state index contributed by atoms with van der Waals surface area (Å²) in [5.74, 6) is 1.30. The fourth-order valence-electron chi connectivity index (χ4n) is 2.25. The molecule has 0 radical (unpaired) electrons. The molecule has 1 N–H and O–H groups in total. The third-order valence-corrected chi connectivity index (χ3v) is 3.17. The number of hydrogen-bond donors (Lipinski definition) is 1. The number of aliphatic hydroxyl groups is 1. The predicted octanol–water partition coefficient (Wildman–Crippen LogP) is 2.13. The summed E-state index contributed by atoms with van der Waals surface area (Å²) in [6, 6.07) is 7.92. The lowest BCUT2D eigenvalue weighted by Crippen LogP contribution is -2.02. The first-order chi connectivity index (χ1) is 9.31. The molecule has 98 valence electrons. The molecule has 0 spiro atoms. The highest BCUT2D eigenvalue weighted by Gasteiger charge is 2.09. The third-order valence-electron chi connectivity index (χ3n) is 3.17. The molecule has 0 aliphatic rings. The number of hydrogen-bond acceptors (Lipinski definition) is 4. The summed E-state index contributed by atoms with van der Waals surface area (Å²) in [6.07, 6.45) is 2.72. The Labute approximate surface area is 110 Å². The lowest BCUT2D eigenvalue weighted by atomic mass is 10.1. The summed E-state index contributed by atoms with van der Waals surface area (Å²) in [7, 11) is 0. The monoisotopic (exact) mass is 257 g/mol. The molecule has 0 saturated heterocycles. The van der Waals surface area contributed by atoms with Gasteiger partial charge in [-0.05, 0) is 11.5 Å². The zero-order valence-corrected chi connectivity index (χ0v) is 10.7. The molecule has 5 heteroatoms. The highest BCUT2D eigenvalue weighted by atomic mass is 16.5. The average molecular weight is 257 g/mol. The third kappa shape index (κ3) is 2.13. The van der Waals surface area contributed by atoms with E-state index in [0.717, 1.165) is 22.9 Å². The fraction of sp³-hybridized carbons (Fsp3) is 0.286. The maximum atomic E-state index is 9.42. The molecule has 5 nitrogen and oxygen atoms in total. The number of aryl methyl sites for hydroxylation is 1.